The molecule has 1 heterocycles. The second-order valence-corrected chi connectivity index (χ2v) is 4.10. The lowest BCUT2D eigenvalue weighted by Crippen LogP contribution is -2.22. The largest absolute Gasteiger partial charge is 0.573 e. The van der Waals surface area contributed by atoms with Gasteiger partial charge in [0.25, 0.3) is 0 Å². The number of halogens is 7. The third-order valence-corrected chi connectivity index (χ3v) is 2.41. The maximum Gasteiger partial charge on any atom is 0.573 e. The Hall–Kier alpha value is -1.34. The number of hydrogen-bond acceptors (Lipinski definition) is 4. The van der Waals surface area contributed by atoms with Crippen molar-refractivity contribution in [1.29, 1.82) is 0 Å². The van der Waals surface area contributed by atoms with Crippen molar-refractivity contribution in [1.82, 2.24) is 4.98 Å². The van der Waals surface area contributed by atoms with Crippen LogP contribution >= 0.6 is 22.6 Å². The molecule has 19 heavy (non-hydrogen) atoms. The SMILES string of the molecule is O=[N+]([O-])c1ncc(I)c(OC(F)(F)F)c1C(F)(F)F. The highest BCUT2D eigenvalue weighted by Crippen LogP contribution is 2.44. The Bertz CT molecular complexity index is 515. The molecule has 0 bridgehead atoms. The summed E-state index contributed by atoms with van der Waals surface area (Å²) >= 11 is 1.10. The molecular weight excluding hydrogens is 401 g/mol. The van der Waals surface area contributed by atoms with E-state index in [0.717, 1.165) is 22.6 Å². The Morgan fingerprint density at radius 1 is 1.26 bits per heavy atom. The summed E-state index contributed by atoms with van der Waals surface area (Å²) in [7, 11) is 0. The highest BCUT2D eigenvalue weighted by atomic mass is 127. The Morgan fingerprint density at radius 3 is 2.16 bits per heavy atom. The molecule has 0 aliphatic rings. The molecule has 0 saturated heterocycles. The van der Waals surface area contributed by atoms with Crippen molar-refractivity contribution < 1.29 is 36.0 Å². The van der Waals surface area contributed by atoms with Gasteiger partial charge in [-0.3, -0.25) is 0 Å². The number of alkyl halides is 6. The normalized spacial score (nSPS) is 12.4. The van der Waals surface area contributed by atoms with Gasteiger partial charge in [0.2, 0.25) is 0 Å². The number of hydrogen-bond donors (Lipinski definition) is 0. The first-order valence-corrected chi connectivity index (χ1v) is 5.17. The van der Waals surface area contributed by atoms with Crippen LogP contribution in [0, 0.1) is 13.7 Å². The van der Waals surface area contributed by atoms with E-state index in [4.69, 9.17) is 0 Å². The smallest absolute Gasteiger partial charge is 0.404 e. The molecule has 1 aromatic rings. The van der Waals surface area contributed by atoms with Gasteiger partial charge in [0.15, 0.2) is 17.5 Å². The molecule has 5 nitrogen and oxygen atoms in total. The molecule has 106 valence electrons. The van der Waals surface area contributed by atoms with Crippen molar-refractivity contribution in [2.45, 2.75) is 12.5 Å². The summed E-state index contributed by atoms with van der Waals surface area (Å²) in [5, 5.41) is 10.4. The Balaban J connectivity index is 3.59. The van der Waals surface area contributed by atoms with Crippen LogP contribution in [0.1, 0.15) is 5.56 Å². The molecule has 0 N–H and O–H groups in total. The zero-order valence-corrected chi connectivity index (χ0v) is 10.5. The van der Waals surface area contributed by atoms with Crippen LogP contribution in [-0.2, 0) is 6.18 Å². The molecule has 0 saturated carbocycles. The Labute approximate surface area is 113 Å². The van der Waals surface area contributed by atoms with Crippen LogP contribution in [0.5, 0.6) is 5.75 Å². The summed E-state index contributed by atoms with van der Waals surface area (Å²) in [4.78, 5) is 11.7. The highest BCUT2D eigenvalue weighted by Gasteiger charge is 2.47. The van der Waals surface area contributed by atoms with Gasteiger partial charge >= 0.3 is 18.4 Å². The van der Waals surface area contributed by atoms with Gasteiger partial charge in [0.1, 0.15) is 3.57 Å². The molecule has 0 radical (unpaired) electrons. The van der Waals surface area contributed by atoms with E-state index < -0.39 is 38.2 Å². The van der Waals surface area contributed by atoms with Gasteiger partial charge in [-0.25, -0.2) is 0 Å². The first-order chi connectivity index (χ1) is 8.43. The number of rotatable bonds is 2. The quantitative estimate of drug-likeness (QED) is 0.329. The fraction of sp³-hybridized carbons (Fsp3) is 0.286. The van der Waals surface area contributed by atoms with Gasteiger partial charge in [-0.05, 0) is 32.5 Å². The summed E-state index contributed by atoms with van der Waals surface area (Å²) in [6.07, 6.45) is -10.4. The lowest BCUT2D eigenvalue weighted by molar-refractivity contribution is -0.393. The van der Waals surface area contributed by atoms with Crippen LogP contribution < -0.4 is 4.74 Å². The topological polar surface area (TPSA) is 65.3 Å². The second-order valence-electron chi connectivity index (χ2n) is 2.94. The minimum absolute atomic E-state index is 0.481. The van der Waals surface area contributed by atoms with Crippen LogP contribution in [0.4, 0.5) is 32.2 Å². The summed E-state index contributed by atoms with van der Waals surface area (Å²) in [6.45, 7) is 0. The predicted molar refractivity (Wildman–Crippen MR) is 55.3 cm³/mol. The molecule has 0 aliphatic heterocycles. The predicted octanol–water partition coefficient (Wildman–Crippen LogP) is 3.51. The van der Waals surface area contributed by atoms with E-state index in [1.54, 1.807) is 0 Å². The molecule has 0 unspecified atom stereocenters. The van der Waals surface area contributed by atoms with Gasteiger partial charge in [0.05, 0.1) is 0 Å². The number of nitro groups is 1. The summed E-state index contributed by atoms with van der Waals surface area (Å²) < 4.78 is 76.6. The molecule has 0 atom stereocenters. The van der Waals surface area contributed by atoms with Crippen molar-refractivity contribution in [3.05, 3.63) is 25.4 Å². The minimum atomic E-state index is -5.42. The summed E-state index contributed by atoms with van der Waals surface area (Å²) in [5.74, 6) is -3.45. The van der Waals surface area contributed by atoms with E-state index in [1.165, 1.54) is 0 Å². The van der Waals surface area contributed by atoms with Crippen LogP contribution in [0.3, 0.4) is 0 Å². The van der Waals surface area contributed by atoms with Crippen LogP contribution in [0.15, 0.2) is 6.20 Å². The van der Waals surface area contributed by atoms with Gasteiger partial charge in [-0.2, -0.15) is 13.2 Å². The molecule has 0 amide bonds. The monoisotopic (exact) mass is 402 g/mol. The maximum atomic E-state index is 12.6. The maximum absolute atomic E-state index is 12.6. The average molecular weight is 402 g/mol. The van der Waals surface area contributed by atoms with Gasteiger partial charge < -0.3 is 14.9 Å². The summed E-state index contributed by atoms with van der Waals surface area (Å²) in [5.41, 5.74) is -2.18. The Morgan fingerprint density at radius 2 is 1.79 bits per heavy atom. The van der Waals surface area contributed by atoms with Crippen LogP contribution in [0.25, 0.3) is 0 Å². The molecule has 0 aromatic carbocycles. The molecule has 1 aromatic heterocycles. The van der Waals surface area contributed by atoms with E-state index in [0.29, 0.717) is 6.20 Å². The number of nitrogens with zero attached hydrogens (tertiary/aromatic N) is 2. The minimum Gasteiger partial charge on any atom is -0.404 e. The molecule has 12 heteroatoms. The highest BCUT2D eigenvalue weighted by molar-refractivity contribution is 14.1. The van der Waals surface area contributed by atoms with E-state index in [1.807, 2.05) is 0 Å². The van der Waals surface area contributed by atoms with Crippen molar-refractivity contribution >= 4 is 28.4 Å². The van der Waals surface area contributed by atoms with Crippen molar-refractivity contribution in [3.63, 3.8) is 0 Å². The first kappa shape index (κ1) is 15.7. The van der Waals surface area contributed by atoms with Crippen molar-refractivity contribution in [3.8, 4) is 5.75 Å². The molecule has 0 spiro atoms. The van der Waals surface area contributed by atoms with Gasteiger partial charge in [-0.15, -0.1) is 13.2 Å². The third kappa shape index (κ3) is 3.81. The van der Waals surface area contributed by atoms with Gasteiger partial charge in [-0.1, -0.05) is 0 Å². The molecule has 0 fully saturated rings. The Kier molecular flexibility index (Phi) is 4.11. The second kappa shape index (κ2) is 4.97. The average Bonchev–Trinajstić information content (AvgIpc) is 2.16. The third-order valence-electron chi connectivity index (χ3n) is 1.64. The lowest BCUT2D eigenvalue weighted by atomic mass is 10.2. The molecular formula is C7HF6IN2O3. The number of pyridine rings is 1. The van der Waals surface area contributed by atoms with E-state index in [-0.39, 0.29) is 0 Å². The fourth-order valence-electron chi connectivity index (χ4n) is 1.07. The van der Waals surface area contributed by atoms with Crippen molar-refractivity contribution in [2.24, 2.45) is 0 Å². The van der Waals surface area contributed by atoms with Gasteiger partial charge in [0, 0.05) is 0 Å². The molecule has 0 aliphatic carbocycles. The van der Waals surface area contributed by atoms with E-state index in [9.17, 15) is 36.5 Å². The number of ether oxygens (including phenoxy) is 1. The van der Waals surface area contributed by atoms with Crippen molar-refractivity contribution in [2.75, 3.05) is 0 Å². The molecule has 1 rings (SSSR count). The van der Waals surface area contributed by atoms with Crippen LogP contribution in [-0.4, -0.2) is 16.3 Å². The standard InChI is InChI=1S/C7HF6IN2O3/c8-6(9,10)3-4(19-7(11,12)13)2(14)1-15-5(3)16(17)18/h1H. The van der Waals surface area contributed by atoms with Crippen LogP contribution in [0.2, 0.25) is 0 Å². The zero-order valence-electron chi connectivity index (χ0n) is 8.34. The van der Waals surface area contributed by atoms with E-state index in [2.05, 4.69) is 9.72 Å². The lowest BCUT2D eigenvalue weighted by Gasteiger charge is -2.15. The number of aromatic nitrogens is 1. The summed E-state index contributed by atoms with van der Waals surface area (Å²) in [6, 6.07) is 0. The fourth-order valence-corrected chi connectivity index (χ4v) is 1.59. The zero-order chi connectivity index (χ0) is 15.0. The van der Waals surface area contributed by atoms with E-state index >= 15 is 0 Å². The first-order valence-electron chi connectivity index (χ1n) is 4.09.